The van der Waals surface area contributed by atoms with E-state index in [9.17, 15) is 4.79 Å². The first kappa shape index (κ1) is 16.1. The van der Waals surface area contributed by atoms with E-state index in [4.69, 9.17) is 0 Å². The van der Waals surface area contributed by atoms with Crippen LogP contribution in [0.4, 0.5) is 0 Å². The molecule has 0 spiro atoms. The lowest BCUT2D eigenvalue weighted by molar-refractivity contribution is 0.321. The number of thiophene rings is 1. The highest BCUT2D eigenvalue weighted by Crippen LogP contribution is 2.27. The van der Waals surface area contributed by atoms with Crippen molar-refractivity contribution in [1.82, 2.24) is 30.2 Å². The maximum Gasteiger partial charge on any atom is 0.259 e. The third kappa shape index (κ3) is 3.02. The van der Waals surface area contributed by atoms with Gasteiger partial charge in [-0.25, -0.2) is 9.67 Å². The molecular formula is C14H18N6OS2. The maximum atomic E-state index is 12.3. The molecular weight excluding hydrogens is 332 g/mol. The number of thioether (sulfide) groups is 1. The summed E-state index contributed by atoms with van der Waals surface area (Å²) in [6.07, 6.45) is 0. The van der Waals surface area contributed by atoms with Crippen molar-refractivity contribution in [2.45, 2.75) is 51.1 Å². The molecule has 0 saturated carbocycles. The van der Waals surface area contributed by atoms with Gasteiger partial charge in [0.05, 0.1) is 16.7 Å². The first-order valence-electron chi connectivity index (χ1n) is 7.18. The molecule has 0 aliphatic carbocycles. The molecule has 3 heterocycles. The highest BCUT2D eigenvalue weighted by molar-refractivity contribution is 7.98. The number of H-pyrrole nitrogens is 1. The summed E-state index contributed by atoms with van der Waals surface area (Å²) in [6, 6.07) is 0. The van der Waals surface area contributed by atoms with Crippen LogP contribution in [0.2, 0.25) is 0 Å². The summed E-state index contributed by atoms with van der Waals surface area (Å²) in [5.74, 6) is 1.15. The van der Waals surface area contributed by atoms with Crippen LogP contribution in [0.15, 0.2) is 9.95 Å². The number of aromatic nitrogens is 6. The van der Waals surface area contributed by atoms with E-state index in [1.165, 1.54) is 11.8 Å². The van der Waals surface area contributed by atoms with Crippen molar-refractivity contribution < 1.29 is 0 Å². The van der Waals surface area contributed by atoms with E-state index in [0.717, 1.165) is 15.3 Å². The van der Waals surface area contributed by atoms with Crippen LogP contribution in [0.1, 0.15) is 37.0 Å². The second kappa shape index (κ2) is 5.72. The second-order valence-electron chi connectivity index (χ2n) is 6.31. The molecule has 0 fully saturated rings. The Morgan fingerprint density at radius 1 is 1.30 bits per heavy atom. The quantitative estimate of drug-likeness (QED) is 0.731. The lowest BCUT2D eigenvalue weighted by Gasteiger charge is -2.19. The summed E-state index contributed by atoms with van der Waals surface area (Å²) >= 11 is 3.01. The summed E-state index contributed by atoms with van der Waals surface area (Å²) < 4.78 is 1.77. The zero-order valence-corrected chi connectivity index (χ0v) is 15.3. The maximum absolute atomic E-state index is 12.3. The van der Waals surface area contributed by atoms with E-state index < -0.39 is 0 Å². The van der Waals surface area contributed by atoms with Crippen LogP contribution in [0, 0.1) is 13.8 Å². The predicted molar refractivity (Wildman–Crippen MR) is 92.1 cm³/mol. The van der Waals surface area contributed by atoms with Gasteiger partial charge in [0.1, 0.15) is 10.7 Å². The van der Waals surface area contributed by atoms with Gasteiger partial charge < -0.3 is 4.98 Å². The number of aryl methyl sites for hydroxylation is 2. The van der Waals surface area contributed by atoms with E-state index in [1.807, 2.05) is 34.6 Å². The van der Waals surface area contributed by atoms with Crippen molar-refractivity contribution in [3.8, 4) is 0 Å². The molecule has 7 nitrogen and oxygen atoms in total. The average Bonchev–Trinajstić information content (AvgIpc) is 3.02. The molecule has 0 atom stereocenters. The minimum atomic E-state index is -0.196. The monoisotopic (exact) mass is 350 g/mol. The number of rotatable bonds is 3. The largest absolute Gasteiger partial charge is 0.309 e. The normalized spacial score (nSPS) is 12.2. The summed E-state index contributed by atoms with van der Waals surface area (Å²) in [7, 11) is 0. The van der Waals surface area contributed by atoms with Crippen molar-refractivity contribution in [3.63, 3.8) is 0 Å². The summed E-state index contributed by atoms with van der Waals surface area (Å²) in [4.78, 5) is 21.6. The molecule has 0 aromatic carbocycles. The van der Waals surface area contributed by atoms with Crippen LogP contribution in [0.3, 0.4) is 0 Å². The Bertz CT molecular complexity index is 918. The number of aromatic amines is 1. The molecule has 0 amide bonds. The minimum Gasteiger partial charge on any atom is -0.309 e. The SMILES string of the molecule is Cc1sc2nc(CSc3nnnn3C(C)(C)C)[nH]c(=O)c2c1C. The molecule has 0 unspecified atom stereocenters. The van der Waals surface area contributed by atoms with Crippen molar-refractivity contribution in [1.29, 1.82) is 0 Å². The van der Waals surface area contributed by atoms with Gasteiger partial charge in [-0.2, -0.15) is 0 Å². The van der Waals surface area contributed by atoms with E-state index in [0.29, 0.717) is 22.1 Å². The van der Waals surface area contributed by atoms with Crippen LogP contribution < -0.4 is 5.56 Å². The van der Waals surface area contributed by atoms with Gasteiger partial charge in [0.15, 0.2) is 0 Å². The Kier molecular flexibility index (Phi) is 4.01. The van der Waals surface area contributed by atoms with Crippen molar-refractivity contribution >= 4 is 33.3 Å². The van der Waals surface area contributed by atoms with Gasteiger partial charge >= 0.3 is 0 Å². The van der Waals surface area contributed by atoms with Gasteiger partial charge in [-0.15, -0.1) is 16.4 Å². The Hall–Kier alpha value is -1.74. The highest BCUT2D eigenvalue weighted by atomic mass is 32.2. The molecule has 0 aliphatic heterocycles. The van der Waals surface area contributed by atoms with Gasteiger partial charge in [0.25, 0.3) is 5.56 Å². The lowest BCUT2D eigenvalue weighted by atomic mass is 10.1. The molecule has 122 valence electrons. The molecule has 23 heavy (non-hydrogen) atoms. The predicted octanol–water partition coefficient (Wildman–Crippen LogP) is 2.64. The molecule has 9 heteroatoms. The average molecular weight is 350 g/mol. The highest BCUT2D eigenvalue weighted by Gasteiger charge is 2.20. The Morgan fingerprint density at radius 2 is 2.04 bits per heavy atom. The summed E-state index contributed by atoms with van der Waals surface area (Å²) in [6.45, 7) is 10.1. The fourth-order valence-electron chi connectivity index (χ4n) is 2.19. The number of hydrogen-bond acceptors (Lipinski definition) is 7. The van der Waals surface area contributed by atoms with E-state index in [1.54, 1.807) is 16.0 Å². The van der Waals surface area contributed by atoms with Gasteiger partial charge in [-0.3, -0.25) is 4.79 Å². The van der Waals surface area contributed by atoms with E-state index in [-0.39, 0.29) is 11.1 Å². The molecule has 0 saturated heterocycles. The van der Waals surface area contributed by atoms with Crippen molar-refractivity contribution in [2.75, 3.05) is 0 Å². The number of fused-ring (bicyclic) bond motifs is 1. The van der Waals surface area contributed by atoms with Crippen molar-refractivity contribution in [2.24, 2.45) is 0 Å². The first-order valence-corrected chi connectivity index (χ1v) is 8.98. The van der Waals surface area contributed by atoms with Crippen LogP contribution in [0.25, 0.3) is 10.2 Å². The molecule has 1 N–H and O–H groups in total. The fraction of sp³-hybridized carbons (Fsp3) is 0.500. The van der Waals surface area contributed by atoms with Gasteiger partial charge in [0, 0.05) is 4.88 Å². The van der Waals surface area contributed by atoms with Gasteiger partial charge in [-0.05, 0) is 50.6 Å². The zero-order valence-electron chi connectivity index (χ0n) is 13.7. The molecule has 0 aliphatic rings. The van der Waals surface area contributed by atoms with Crippen LogP contribution in [-0.2, 0) is 11.3 Å². The summed E-state index contributed by atoms with van der Waals surface area (Å²) in [5.41, 5.74) is 0.732. The van der Waals surface area contributed by atoms with Gasteiger partial charge in [0.2, 0.25) is 5.16 Å². The van der Waals surface area contributed by atoms with E-state index >= 15 is 0 Å². The van der Waals surface area contributed by atoms with Crippen LogP contribution >= 0.6 is 23.1 Å². The molecule has 3 aromatic heterocycles. The Balaban J connectivity index is 1.89. The smallest absolute Gasteiger partial charge is 0.259 e. The van der Waals surface area contributed by atoms with Gasteiger partial charge in [-0.1, -0.05) is 11.8 Å². The van der Waals surface area contributed by atoms with Crippen LogP contribution in [0.5, 0.6) is 0 Å². The standard InChI is InChI=1S/C14H18N6OS2/c1-7-8(2)23-12-10(7)11(21)15-9(16-12)6-22-13-17-18-19-20(13)14(3,4)5/h6H2,1-5H3,(H,15,16,21). The first-order chi connectivity index (χ1) is 10.8. The third-order valence-corrected chi connectivity index (χ3v) is 5.53. The number of hydrogen-bond donors (Lipinski definition) is 1. The van der Waals surface area contributed by atoms with E-state index in [2.05, 4.69) is 25.5 Å². The Labute approximate surface area is 141 Å². The van der Waals surface area contributed by atoms with Crippen LogP contribution in [-0.4, -0.2) is 30.2 Å². The molecule has 3 aromatic rings. The number of tetrazole rings is 1. The van der Waals surface area contributed by atoms with Crippen molar-refractivity contribution in [3.05, 3.63) is 26.6 Å². The number of nitrogens with one attached hydrogen (secondary N) is 1. The molecule has 0 bridgehead atoms. The summed E-state index contributed by atoms with van der Waals surface area (Å²) in [5, 5.41) is 13.2. The zero-order chi connectivity index (χ0) is 16.8. The number of nitrogens with zero attached hydrogens (tertiary/aromatic N) is 5. The minimum absolute atomic E-state index is 0.0807. The third-order valence-electron chi connectivity index (χ3n) is 3.50. The molecule has 0 radical (unpaired) electrons. The molecule has 3 rings (SSSR count). The Morgan fingerprint density at radius 3 is 2.74 bits per heavy atom. The topological polar surface area (TPSA) is 89.3 Å². The fourth-order valence-corrected chi connectivity index (χ4v) is 4.17. The lowest BCUT2D eigenvalue weighted by Crippen LogP contribution is -2.24. The second-order valence-corrected chi connectivity index (χ2v) is 8.45.